The summed E-state index contributed by atoms with van der Waals surface area (Å²) in [6.45, 7) is 0. The van der Waals surface area contributed by atoms with E-state index in [4.69, 9.17) is 19.9 Å². The molecule has 12 heteroatoms. The molecule has 702 valence electrons. The second-order valence-corrected chi connectivity index (χ2v) is 38.3. The topological polar surface area (TPSA) is 91.0 Å². The molecule has 0 fully saturated rings. The van der Waals surface area contributed by atoms with Crippen LogP contribution in [-0.4, -0.2) is 56.5 Å². The lowest BCUT2D eigenvalue weighted by atomic mass is 9.98. The number of nitrogens with zero attached hydrogens (tertiary/aromatic N) is 12. The molecule has 32 rings (SSSR count). The molecule has 20 aromatic carbocycles. The third-order valence-corrected chi connectivity index (χ3v) is 30.0. The zero-order valence-corrected chi connectivity index (χ0v) is 81.3. The van der Waals surface area contributed by atoms with E-state index in [1.165, 1.54) is 153 Å². The smallest absolute Gasteiger partial charge is 0.145 e. The maximum atomic E-state index is 5.02. The van der Waals surface area contributed by atoms with Crippen molar-refractivity contribution in [3.05, 3.63) is 546 Å². The summed E-state index contributed by atoms with van der Waals surface area (Å²) in [5.41, 5.74) is 34.4. The van der Waals surface area contributed by atoms with E-state index >= 15 is 0 Å². The molecule has 0 bridgehead atoms. The Kier molecular flexibility index (Phi) is 20.7. The Balaban J connectivity index is 0.0000000944. The van der Waals surface area contributed by atoms with Crippen LogP contribution < -0.4 is 0 Å². The van der Waals surface area contributed by atoms with Gasteiger partial charge in [-0.05, 0) is 244 Å². The van der Waals surface area contributed by atoms with Crippen molar-refractivity contribution in [2.45, 2.75) is 0 Å². The number of para-hydroxylation sites is 9. The molecule has 0 aliphatic heterocycles. The van der Waals surface area contributed by atoms with E-state index in [1.807, 2.05) is 43.0 Å². The van der Waals surface area contributed by atoms with Gasteiger partial charge in [0.1, 0.15) is 22.6 Å². The largest absolute Gasteiger partial charge is 0.309 e. The van der Waals surface area contributed by atoms with Crippen LogP contribution in [0, 0.1) is 0 Å². The Labute approximate surface area is 861 Å². The summed E-state index contributed by atoms with van der Waals surface area (Å²) in [4.78, 5) is 19.6. The molecule has 12 heterocycles. The predicted molar refractivity (Wildman–Crippen MR) is 625 cm³/mol. The number of benzene rings is 20. The van der Waals surface area contributed by atoms with E-state index in [0.29, 0.717) is 0 Å². The minimum absolute atomic E-state index is 0.948. The molecular weight excluding hydrogens is 1830 g/mol. The van der Waals surface area contributed by atoms with Gasteiger partial charge >= 0.3 is 0 Å². The van der Waals surface area contributed by atoms with E-state index in [9.17, 15) is 0 Å². The van der Waals surface area contributed by atoms with Crippen LogP contribution in [0.3, 0.4) is 0 Å². The molecule has 0 N–H and O–H groups in total. The molecule has 0 saturated heterocycles. The number of hydrogen-bond donors (Lipinski definition) is 0. The van der Waals surface area contributed by atoms with Crippen molar-refractivity contribution in [2.75, 3.05) is 0 Å². The number of aromatic nitrogens is 12. The number of pyridine rings is 4. The summed E-state index contributed by atoms with van der Waals surface area (Å²) in [5.74, 6) is 0. The highest BCUT2D eigenvalue weighted by atomic mass is 15.1. The molecular formula is C138H90N12. The average Bonchev–Trinajstić information content (AvgIpc) is 1.56. The first kappa shape index (κ1) is 86.3. The monoisotopic (exact) mass is 1910 g/mol. The van der Waals surface area contributed by atoms with Crippen LogP contribution in [0.2, 0.25) is 0 Å². The molecule has 0 unspecified atom stereocenters. The summed E-state index contributed by atoms with van der Waals surface area (Å²) in [6, 6.07) is 186. The molecule has 12 nitrogen and oxygen atoms in total. The van der Waals surface area contributed by atoms with Crippen molar-refractivity contribution in [3.8, 4) is 78.9 Å². The highest BCUT2D eigenvalue weighted by molar-refractivity contribution is 6.30. The van der Waals surface area contributed by atoms with Crippen LogP contribution >= 0.6 is 0 Å². The second kappa shape index (κ2) is 35.9. The van der Waals surface area contributed by atoms with Crippen molar-refractivity contribution in [3.63, 3.8) is 0 Å². The normalized spacial score (nSPS) is 11.7. The minimum atomic E-state index is 0.948. The van der Waals surface area contributed by atoms with Crippen molar-refractivity contribution in [1.82, 2.24) is 56.5 Å². The summed E-state index contributed by atoms with van der Waals surface area (Å²) in [6.07, 6.45) is 7.56. The third-order valence-electron chi connectivity index (χ3n) is 30.0. The van der Waals surface area contributed by atoms with Crippen molar-refractivity contribution >= 4 is 186 Å². The van der Waals surface area contributed by atoms with Crippen LogP contribution in [0.5, 0.6) is 0 Å². The van der Waals surface area contributed by atoms with Gasteiger partial charge in [-0.3, -0.25) is 18.3 Å². The first-order valence-electron chi connectivity index (χ1n) is 51.0. The lowest BCUT2D eigenvalue weighted by Crippen LogP contribution is -1.97. The Bertz CT molecular complexity index is 10800. The van der Waals surface area contributed by atoms with Gasteiger partial charge in [-0.15, -0.1) is 0 Å². The fourth-order valence-electron chi connectivity index (χ4n) is 23.6. The Morgan fingerprint density at radius 2 is 0.353 bits per heavy atom. The van der Waals surface area contributed by atoms with Gasteiger partial charge < -0.3 is 18.3 Å². The van der Waals surface area contributed by atoms with Gasteiger partial charge in [-0.2, -0.15) is 0 Å². The van der Waals surface area contributed by atoms with Gasteiger partial charge in [0.2, 0.25) is 0 Å². The van der Waals surface area contributed by atoms with E-state index in [-0.39, 0.29) is 0 Å². The van der Waals surface area contributed by atoms with Gasteiger partial charge in [0.05, 0.1) is 66.2 Å². The van der Waals surface area contributed by atoms with Crippen molar-refractivity contribution in [1.29, 1.82) is 0 Å². The van der Waals surface area contributed by atoms with E-state index in [1.54, 1.807) is 0 Å². The molecule has 0 saturated carbocycles. The predicted octanol–water partition coefficient (Wildman–Crippen LogP) is 35.3. The molecule has 0 radical (unpaired) electrons. The molecule has 0 aliphatic rings. The molecule has 12 aromatic heterocycles. The number of fused-ring (bicyclic) bond motifs is 29. The summed E-state index contributed by atoms with van der Waals surface area (Å²) in [5, 5.41) is 22.0. The summed E-state index contributed by atoms with van der Waals surface area (Å²) in [7, 11) is 0. The van der Waals surface area contributed by atoms with Gasteiger partial charge in [0.15, 0.2) is 0 Å². The van der Waals surface area contributed by atoms with Crippen LogP contribution in [0.1, 0.15) is 0 Å². The minimum Gasteiger partial charge on any atom is -0.309 e. The highest BCUT2D eigenvalue weighted by Gasteiger charge is 2.29. The Morgan fingerprint density at radius 1 is 0.120 bits per heavy atom. The molecule has 0 aliphatic carbocycles. The molecule has 0 spiro atoms. The second-order valence-electron chi connectivity index (χ2n) is 38.3. The SMILES string of the molecule is c1ccc(-c2cc(-c3ccccc3)cc(-n3c4ccc5c6ccccc6n(-c6ccccc6)c5c4c4cccnc43)c2)cc1.c1ccc(-c2ccc(-n3c4ccc5c6ccccc6n(-c6ccccc6)c5c4c4cccnc43)cc2)cc1.c1ccc(-n2c3ccc4c5ccccc5n(-c5ccccc5)c4c3c3cccnc32)cc1.c1ccc(-n2c3ccccc3c3ccc4c(c5cccnc5n4-c4ccc5ccccc5c4)c32)cc1. The summed E-state index contributed by atoms with van der Waals surface area (Å²) < 4.78 is 18.9. The van der Waals surface area contributed by atoms with E-state index in [2.05, 4.69) is 540 Å². The van der Waals surface area contributed by atoms with Crippen molar-refractivity contribution < 1.29 is 0 Å². The lowest BCUT2D eigenvalue weighted by Gasteiger charge is -2.14. The van der Waals surface area contributed by atoms with Gasteiger partial charge in [0, 0.05) is 156 Å². The molecule has 0 amide bonds. The van der Waals surface area contributed by atoms with Crippen LogP contribution in [-0.2, 0) is 0 Å². The quantitative estimate of drug-likeness (QED) is 0.129. The van der Waals surface area contributed by atoms with Gasteiger partial charge in [-0.25, -0.2) is 19.9 Å². The van der Waals surface area contributed by atoms with Crippen LogP contribution in [0.4, 0.5) is 0 Å². The third kappa shape index (κ3) is 14.1. The molecule has 150 heavy (non-hydrogen) atoms. The maximum absolute atomic E-state index is 5.02. The Hall–Kier alpha value is -20.3. The zero-order chi connectivity index (χ0) is 98.8. The first-order chi connectivity index (χ1) is 74.5. The molecule has 0 atom stereocenters. The zero-order valence-electron chi connectivity index (χ0n) is 81.3. The van der Waals surface area contributed by atoms with Crippen molar-refractivity contribution in [2.24, 2.45) is 0 Å². The summed E-state index contributed by atoms with van der Waals surface area (Å²) >= 11 is 0. The fraction of sp³-hybridized carbons (Fsp3) is 0. The Morgan fingerprint density at radius 3 is 0.673 bits per heavy atom. The number of rotatable bonds is 11. The maximum Gasteiger partial charge on any atom is 0.145 e. The van der Waals surface area contributed by atoms with E-state index in [0.717, 1.165) is 112 Å². The fourth-order valence-corrected chi connectivity index (χ4v) is 23.6. The van der Waals surface area contributed by atoms with E-state index < -0.39 is 0 Å². The standard InChI is InChI=1S/C41H27N3.C35H23N3.C33H21N3.C29H19N3/c1-4-13-28(14-5-1)30-25-31(29-15-6-2-7-16-29)27-33(26-30)44-38-23-22-35-34-19-10-11-21-37(34)43(32-17-8-3-9-18-32)40(35)39(38)36-20-12-24-42-41(36)44;1-3-10-24(11-4-1)25-17-19-27(20-18-25)38-32-22-21-29-28-14-7-8-16-31(28)37(26-12-5-2-6-13-26)34(29)33(32)30-15-9-23-36-35(30)38;1-2-11-24(12-3-1)35-29-15-7-6-13-26(29)27-18-19-30-31(32(27)35)28-14-8-20-34-33(28)36(30)25-17-16-22-9-4-5-10-23(22)21-25;1-3-10-20(11-4-1)31-25-16-8-7-14-22(25)23-17-18-26-27(28(23)31)24-15-9-19-30-29(24)32(26)21-12-5-2-6-13-21/h1-27H;1-23H;1-21H;1-19H. The highest BCUT2D eigenvalue weighted by Crippen LogP contribution is 2.49. The van der Waals surface area contributed by atoms with Crippen LogP contribution in [0.25, 0.3) is 265 Å². The average molecular weight is 1920 g/mol. The number of hydrogen-bond acceptors (Lipinski definition) is 4. The van der Waals surface area contributed by atoms with Gasteiger partial charge in [-0.1, -0.05) is 322 Å². The van der Waals surface area contributed by atoms with Gasteiger partial charge in [0.25, 0.3) is 0 Å². The molecule has 32 aromatic rings. The lowest BCUT2D eigenvalue weighted by molar-refractivity contribution is 1.13. The van der Waals surface area contributed by atoms with Crippen LogP contribution in [0.15, 0.2) is 546 Å². The first-order valence-corrected chi connectivity index (χ1v) is 51.0.